The van der Waals surface area contributed by atoms with Crippen LogP contribution < -0.4 is 4.90 Å². The zero-order chi connectivity index (χ0) is 30.0. The number of allylic oxidation sites excluding steroid dienone is 3. The fourth-order valence-electron chi connectivity index (χ4n) is 8.09. The van der Waals surface area contributed by atoms with Crippen molar-refractivity contribution < 1.29 is 18.6 Å². The lowest BCUT2D eigenvalue weighted by molar-refractivity contribution is -0.141. The molecular weight excluding hydrogens is 553 g/mol. The van der Waals surface area contributed by atoms with Crippen LogP contribution in [0.4, 0.5) is 10.1 Å². The van der Waals surface area contributed by atoms with E-state index in [0.717, 1.165) is 81.1 Å². The summed E-state index contributed by atoms with van der Waals surface area (Å²) < 4.78 is 34.7. The monoisotopic (exact) mass is 599 g/mol. The average molecular weight is 600 g/mol. The standard InChI is InChI=1S/C37H46FN3O3/c1-42-37(43-2)27-19-21-40(22-20-27)29-15-13-26(14-16-29)34-28(24-25-8-3-4-9-25)10-7-11-30-31(34)17-18-32-35(30)36(38)39-41(32)33-12-5-6-23-44-33/h13-18,24,27,33,37H,3-12,19-23H2,1-2H3. The molecule has 7 rings (SSSR count). The molecule has 4 aliphatic rings. The van der Waals surface area contributed by atoms with E-state index in [1.807, 2.05) is 0 Å². The van der Waals surface area contributed by atoms with Gasteiger partial charge >= 0.3 is 0 Å². The minimum atomic E-state index is -0.370. The maximum Gasteiger partial charge on any atom is 0.240 e. The van der Waals surface area contributed by atoms with Crippen molar-refractivity contribution in [3.8, 4) is 0 Å². The molecule has 1 unspecified atom stereocenters. The molecule has 1 saturated carbocycles. The number of aromatic nitrogens is 2. The predicted octanol–water partition coefficient (Wildman–Crippen LogP) is 8.35. The molecule has 2 aromatic carbocycles. The van der Waals surface area contributed by atoms with Crippen LogP contribution in [0.2, 0.25) is 0 Å². The summed E-state index contributed by atoms with van der Waals surface area (Å²) in [5.74, 6) is 0.0523. The van der Waals surface area contributed by atoms with E-state index in [9.17, 15) is 0 Å². The Labute approximate surface area is 260 Å². The van der Waals surface area contributed by atoms with E-state index in [1.54, 1.807) is 24.5 Å². The molecule has 0 radical (unpaired) electrons. The molecule has 0 amide bonds. The van der Waals surface area contributed by atoms with Gasteiger partial charge in [0.25, 0.3) is 0 Å². The summed E-state index contributed by atoms with van der Waals surface area (Å²) in [5, 5.41) is 5.09. The van der Waals surface area contributed by atoms with Gasteiger partial charge in [-0.1, -0.05) is 29.8 Å². The number of hydrogen-bond donors (Lipinski definition) is 0. The van der Waals surface area contributed by atoms with Gasteiger partial charge in [0.15, 0.2) is 12.5 Å². The first-order valence-electron chi connectivity index (χ1n) is 16.8. The van der Waals surface area contributed by atoms with Crippen LogP contribution in [-0.2, 0) is 20.6 Å². The minimum Gasteiger partial charge on any atom is -0.372 e. The summed E-state index contributed by atoms with van der Waals surface area (Å²) in [7, 11) is 3.46. The normalized spacial score (nSPS) is 21.8. The number of hydrogen-bond acceptors (Lipinski definition) is 5. The molecule has 0 bridgehead atoms. The predicted molar refractivity (Wildman–Crippen MR) is 173 cm³/mol. The van der Waals surface area contributed by atoms with E-state index in [2.05, 4.69) is 52.5 Å². The van der Waals surface area contributed by atoms with Gasteiger partial charge in [0.05, 0.1) is 10.9 Å². The van der Waals surface area contributed by atoms with Crippen molar-refractivity contribution in [1.29, 1.82) is 0 Å². The first-order valence-corrected chi connectivity index (χ1v) is 16.8. The Morgan fingerprint density at radius 3 is 2.36 bits per heavy atom. The first-order chi connectivity index (χ1) is 21.6. The fourth-order valence-corrected chi connectivity index (χ4v) is 8.09. The summed E-state index contributed by atoms with van der Waals surface area (Å²) in [6.45, 7) is 2.68. The second kappa shape index (κ2) is 13.2. The molecule has 1 aromatic heterocycles. The highest BCUT2D eigenvalue weighted by molar-refractivity contribution is 5.94. The van der Waals surface area contributed by atoms with Crippen molar-refractivity contribution in [1.82, 2.24) is 9.78 Å². The number of piperidine rings is 1. The van der Waals surface area contributed by atoms with Gasteiger partial charge in [0, 0.05) is 45.5 Å². The van der Waals surface area contributed by atoms with Crippen molar-refractivity contribution in [2.75, 3.05) is 38.8 Å². The lowest BCUT2D eigenvalue weighted by Gasteiger charge is -2.36. The van der Waals surface area contributed by atoms with E-state index in [0.29, 0.717) is 17.9 Å². The molecule has 0 N–H and O–H groups in total. The van der Waals surface area contributed by atoms with Gasteiger partial charge < -0.3 is 19.1 Å². The second-order valence-corrected chi connectivity index (χ2v) is 13.0. The van der Waals surface area contributed by atoms with Crippen molar-refractivity contribution in [2.45, 2.75) is 89.6 Å². The molecule has 6 nitrogen and oxygen atoms in total. The Balaban J connectivity index is 1.26. The van der Waals surface area contributed by atoms with Gasteiger partial charge in [0.1, 0.15) is 0 Å². The first kappa shape index (κ1) is 29.7. The maximum absolute atomic E-state index is 15.8. The average Bonchev–Trinajstić information content (AvgIpc) is 3.66. The summed E-state index contributed by atoms with van der Waals surface area (Å²) in [5.41, 5.74) is 9.76. The second-order valence-electron chi connectivity index (χ2n) is 13.0. The van der Waals surface area contributed by atoms with Crippen molar-refractivity contribution >= 4 is 22.2 Å². The summed E-state index contributed by atoms with van der Waals surface area (Å²) in [4.78, 5) is 2.47. The molecule has 3 aromatic rings. The van der Waals surface area contributed by atoms with Gasteiger partial charge in [-0.2, -0.15) is 4.39 Å². The lowest BCUT2D eigenvalue weighted by Crippen LogP contribution is -2.39. The van der Waals surface area contributed by atoms with Gasteiger partial charge in [-0.25, -0.2) is 4.68 Å². The quantitative estimate of drug-likeness (QED) is 0.256. The Morgan fingerprint density at radius 1 is 0.886 bits per heavy atom. The summed E-state index contributed by atoms with van der Waals surface area (Å²) in [6, 6.07) is 13.4. The third-order valence-electron chi connectivity index (χ3n) is 10.4. The van der Waals surface area contributed by atoms with Crippen molar-refractivity contribution in [3.05, 3.63) is 76.3 Å². The lowest BCUT2D eigenvalue weighted by atomic mass is 9.88. The molecule has 3 heterocycles. The highest BCUT2D eigenvalue weighted by Gasteiger charge is 2.29. The van der Waals surface area contributed by atoms with Crippen LogP contribution in [0.25, 0.3) is 16.5 Å². The molecular formula is C37H46FN3O3. The minimum absolute atomic E-state index is 0.132. The maximum atomic E-state index is 15.8. The molecule has 7 heteroatoms. The molecule has 2 aliphatic heterocycles. The Morgan fingerprint density at radius 2 is 1.66 bits per heavy atom. The zero-order valence-electron chi connectivity index (χ0n) is 26.3. The number of ether oxygens (including phenoxy) is 3. The number of nitrogens with zero attached hydrogens (tertiary/aromatic N) is 3. The highest BCUT2D eigenvalue weighted by atomic mass is 19.1. The summed E-state index contributed by atoms with van der Waals surface area (Å²) in [6.07, 6.45) is 15.0. The van der Waals surface area contributed by atoms with Crippen LogP contribution >= 0.6 is 0 Å². The fraction of sp³-hybridized carbons (Fsp3) is 0.541. The molecule has 0 spiro atoms. The SMILES string of the molecule is COC(OC)C1CCN(c2ccc(C3=C(C=C4CCCC4)CCCc4c3ccc3c4c(F)nn3C3CCCCO3)cc2)CC1. The Bertz CT molecular complexity index is 1520. The van der Waals surface area contributed by atoms with Crippen LogP contribution in [0.15, 0.2) is 53.6 Å². The van der Waals surface area contributed by atoms with E-state index in [4.69, 9.17) is 14.2 Å². The zero-order valence-corrected chi connectivity index (χ0v) is 26.3. The molecule has 3 fully saturated rings. The topological polar surface area (TPSA) is 48.8 Å². The summed E-state index contributed by atoms with van der Waals surface area (Å²) >= 11 is 0. The third-order valence-corrected chi connectivity index (χ3v) is 10.4. The molecule has 234 valence electrons. The van der Waals surface area contributed by atoms with E-state index in [-0.39, 0.29) is 18.5 Å². The number of rotatable bonds is 7. The number of fused-ring (bicyclic) bond motifs is 3. The van der Waals surface area contributed by atoms with Crippen LogP contribution in [0, 0.1) is 11.9 Å². The number of aryl methyl sites for hydroxylation is 1. The van der Waals surface area contributed by atoms with E-state index < -0.39 is 0 Å². The van der Waals surface area contributed by atoms with Crippen LogP contribution in [0.1, 0.15) is 93.5 Å². The molecule has 2 aliphatic carbocycles. The van der Waals surface area contributed by atoms with Gasteiger partial charge in [-0.15, -0.1) is 5.10 Å². The molecule has 2 saturated heterocycles. The molecule has 1 atom stereocenters. The largest absolute Gasteiger partial charge is 0.372 e. The van der Waals surface area contributed by atoms with Crippen LogP contribution in [0.5, 0.6) is 0 Å². The number of benzene rings is 2. The van der Waals surface area contributed by atoms with E-state index >= 15 is 4.39 Å². The van der Waals surface area contributed by atoms with Crippen LogP contribution in [-0.4, -0.2) is 50.0 Å². The number of methoxy groups -OCH3 is 2. The number of anilines is 1. The van der Waals surface area contributed by atoms with Gasteiger partial charge in [-0.05, 0) is 123 Å². The van der Waals surface area contributed by atoms with Crippen molar-refractivity contribution in [3.63, 3.8) is 0 Å². The highest BCUT2D eigenvalue weighted by Crippen LogP contribution is 2.42. The van der Waals surface area contributed by atoms with Gasteiger partial charge in [0.2, 0.25) is 5.95 Å². The smallest absolute Gasteiger partial charge is 0.240 e. The number of halogens is 1. The van der Waals surface area contributed by atoms with Crippen molar-refractivity contribution in [2.24, 2.45) is 5.92 Å². The van der Waals surface area contributed by atoms with Gasteiger partial charge in [-0.3, -0.25) is 0 Å². The molecule has 44 heavy (non-hydrogen) atoms. The third kappa shape index (κ3) is 5.75. The van der Waals surface area contributed by atoms with Crippen LogP contribution in [0.3, 0.4) is 0 Å². The Hall–Kier alpha value is -3.00. The van der Waals surface area contributed by atoms with E-state index in [1.165, 1.54) is 48.1 Å². The Kier molecular flexibility index (Phi) is 8.88.